The smallest absolute Gasteiger partial charge is 0.259 e. The van der Waals surface area contributed by atoms with Gasteiger partial charge in [0.25, 0.3) is 5.91 Å². The van der Waals surface area contributed by atoms with Crippen LogP contribution >= 0.6 is 11.6 Å². The molecule has 1 saturated heterocycles. The lowest BCUT2D eigenvalue weighted by Gasteiger charge is -2.16. The van der Waals surface area contributed by atoms with Crippen molar-refractivity contribution < 1.29 is 9.59 Å². The van der Waals surface area contributed by atoms with Crippen LogP contribution in [0.25, 0.3) is 0 Å². The first-order valence-corrected chi connectivity index (χ1v) is 7.42. The van der Waals surface area contributed by atoms with E-state index in [0.717, 1.165) is 17.0 Å². The normalized spacial score (nSPS) is 18.4. The molecule has 0 N–H and O–H groups in total. The van der Waals surface area contributed by atoms with Crippen LogP contribution in [0.4, 0.5) is 5.69 Å². The second-order valence-electron chi connectivity index (χ2n) is 5.50. The second kappa shape index (κ2) is 5.25. The van der Waals surface area contributed by atoms with E-state index in [2.05, 4.69) is 5.10 Å². The van der Waals surface area contributed by atoms with Gasteiger partial charge < -0.3 is 0 Å². The Morgan fingerprint density at radius 2 is 1.77 bits per heavy atom. The summed E-state index contributed by atoms with van der Waals surface area (Å²) in [5, 5.41) is 4.98. The average molecular weight is 318 g/mol. The van der Waals surface area contributed by atoms with Gasteiger partial charge in [-0.25, -0.2) is 4.90 Å². The van der Waals surface area contributed by atoms with Crippen molar-refractivity contribution in [2.75, 3.05) is 4.90 Å². The molecule has 0 spiro atoms. The zero-order chi connectivity index (χ0) is 16.0. The Bertz CT molecular complexity index is 764. The van der Waals surface area contributed by atoms with E-state index < -0.39 is 6.04 Å². The van der Waals surface area contributed by atoms with Crippen LogP contribution in [0.3, 0.4) is 0 Å². The van der Waals surface area contributed by atoms with Crippen LogP contribution in [0.2, 0.25) is 5.02 Å². The second-order valence-corrected chi connectivity index (χ2v) is 5.94. The van der Waals surface area contributed by atoms with Crippen molar-refractivity contribution in [3.05, 3.63) is 46.2 Å². The van der Waals surface area contributed by atoms with E-state index in [0.29, 0.717) is 10.7 Å². The predicted molar refractivity (Wildman–Crippen MR) is 84.0 cm³/mol. The molecule has 0 radical (unpaired) electrons. The van der Waals surface area contributed by atoms with Gasteiger partial charge in [0.1, 0.15) is 6.04 Å². The van der Waals surface area contributed by atoms with Gasteiger partial charge in [0.05, 0.1) is 17.8 Å². The Morgan fingerprint density at radius 1 is 1.14 bits per heavy atom. The first-order chi connectivity index (χ1) is 10.4. The van der Waals surface area contributed by atoms with E-state index in [1.54, 1.807) is 28.9 Å². The molecule has 1 aromatic carbocycles. The minimum Gasteiger partial charge on any atom is -0.274 e. The molecule has 114 valence electrons. The highest BCUT2D eigenvalue weighted by atomic mass is 35.5. The third-order valence-electron chi connectivity index (χ3n) is 4.19. The summed E-state index contributed by atoms with van der Waals surface area (Å²) in [4.78, 5) is 26.2. The summed E-state index contributed by atoms with van der Waals surface area (Å²) < 4.78 is 1.67. The molecule has 1 aliphatic rings. The summed E-state index contributed by atoms with van der Waals surface area (Å²) >= 11 is 5.85. The van der Waals surface area contributed by atoms with E-state index in [1.807, 2.05) is 20.8 Å². The number of hydrogen-bond acceptors (Lipinski definition) is 3. The van der Waals surface area contributed by atoms with E-state index in [9.17, 15) is 9.59 Å². The van der Waals surface area contributed by atoms with Crippen LogP contribution in [0.1, 0.15) is 29.4 Å². The lowest BCUT2D eigenvalue weighted by molar-refractivity contribution is -0.122. The summed E-state index contributed by atoms with van der Waals surface area (Å²) in [6.07, 6.45) is 0.128. The highest BCUT2D eigenvalue weighted by Crippen LogP contribution is 2.31. The zero-order valence-corrected chi connectivity index (χ0v) is 13.4. The lowest BCUT2D eigenvalue weighted by Crippen LogP contribution is -2.31. The Kier molecular flexibility index (Phi) is 3.53. The molecule has 0 aliphatic carbocycles. The van der Waals surface area contributed by atoms with Gasteiger partial charge in [-0.05, 0) is 50.6 Å². The number of aryl methyl sites for hydroxylation is 1. The maximum Gasteiger partial charge on any atom is 0.259 e. The number of hydrogen-bond donors (Lipinski definition) is 0. The van der Waals surface area contributed by atoms with Gasteiger partial charge in [-0.3, -0.25) is 14.3 Å². The molecule has 1 aliphatic heterocycles. The quantitative estimate of drug-likeness (QED) is 0.800. The number of carbonyl (C=O) groups excluding carboxylic acids is 2. The van der Waals surface area contributed by atoms with Crippen LogP contribution in [0, 0.1) is 20.8 Å². The van der Waals surface area contributed by atoms with Crippen molar-refractivity contribution in [2.24, 2.45) is 0 Å². The molecule has 3 rings (SSSR count). The largest absolute Gasteiger partial charge is 0.274 e. The molecule has 1 atom stereocenters. The third kappa shape index (κ3) is 2.22. The fourth-order valence-electron chi connectivity index (χ4n) is 2.72. The van der Waals surface area contributed by atoms with E-state index in [4.69, 9.17) is 11.6 Å². The zero-order valence-electron chi connectivity index (χ0n) is 12.6. The van der Waals surface area contributed by atoms with Crippen molar-refractivity contribution in [3.8, 4) is 0 Å². The predicted octanol–water partition coefficient (Wildman–Crippen LogP) is 2.97. The maximum absolute atomic E-state index is 12.7. The Hall–Kier alpha value is -2.14. The third-order valence-corrected chi connectivity index (χ3v) is 4.44. The lowest BCUT2D eigenvalue weighted by atomic mass is 10.2. The van der Waals surface area contributed by atoms with Crippen LogP contribution in [-0.2, 0) is 9.59 Å². The van der Waals surface area contributed by atoms with Crippen LogP contribution in [0.5, 0.6) is 0 Å². The molecule has 1 fully saturated rings. The average Bonchev–Trinajstić information content (AvgIpc) is 2.91. The number of rotatable bonds is 2. The summed E-state index contributed by atoms with van der Waals surface area (Å²) in [7, 11) is 0. The molecule has 1 aromatic heterocycles. The highest BCUT2D eigenvalue weighted by molar-refractivity contribution is 6.30. The Labute approximate surface area is 133 Å². The molecule has 22 heavy (non-hydrogen) atoms. The topological polar surface area (TPSA) is 55.2 Å². The number of amides is 2. The minimum absolute atomic E-state index is 0.128. The van der Waals surface area contributed by atoms with Gasteiger partial charge in [0.15, 0.2) is 0 Å². The summed E-state index contributed by atoms with van der Waals surface area (Å²) in [6, 6.07) is 6.10. The summed E-state index contributed by atoms with van der Waals surface area (Å²) in [6.45, 7) is 5.78. The number of nitrogens with zero attached hydrogens (tertiary/aromatic N) is 3. The molecular formula is C16H16ClN3O2. The summed E-state index contributed by atoms with van der Waals surface area (Å²) in [5.41, 5.74) is 3.38. The van der Waals surface area contributed by atoms with E-state index >= 15 is 0 Å². The monoisotopic (exact) mass is 317 g/mol. The molecule has 2 heterocycles. The number of carbonyl (C=O) groups is 2. The van der Waals surface area contributed by atoms with Crippen molar-refractivity contribution >= 4 is 29.1 Å². The maximum atomic E-state index is 12.7. The van der Waals surface area contributed by atoms with Gasteiger partial charge in [-0.15, -0.1) is 0 Å². The Balaban J connectivity index is 1.97. The fraction of sp³-hybridized carbons (Fsp3) is 0.312. The van der Waals surface area contributed by atoms with Crippen LogP contribution in [-0.4, -0.2) is 21.6 Å². The summed E-state index contributed by atoms with van der Waals surface area (Å²) in [5.74, 6) is -0.472. The number of benzene rings is 1. The van der Waals surface area contributed by atoms with Crippen molar-refractivity contribution in [3.63, 3.8) is 0 Å². The van der Waals surface area contributed by atoms with Crippen molar-refractivity contribution in [1.29, 1.82) is 0 Å². The van der Waals surface area contributed by atoms with E-state index in [-0.39, 0.29) is 18.2 Å². The number of aromatic nitrogens is 2. The molecule has 5 nitrogen and oxygen atoms in total. The van der Waals surface area contributed by atoms with Crippen LogP contribution < -0.4 is 4.90 Å². The first-order valence-electron chi connectivity index (χ1n) is 7.05. The molecule has 2 aromatic rings. The standard InChI is InChI=1S/C16H16ClN3O2/c1-9-10(2)18-20(11(9)3)14-8-15(21)19(16(14)22)13-6-4-12(17)5-7-13/h4-7,14H,8H2,1-3H3/t14-/m0/s1. The van der Waals surface area contributed by atoms with E-state index in [1.165, 1.54) is 4.90 Å². The molecule has 6 heteroatoms. The first kappa shape index (κ1) is 14.8. The number of imide groups is 1. The molecule has 0 unspecified atom stereocenters. The molecule has 0 saturated carbocycles. The highest BCUT2D eigenvalue weighted by Gasteiger charge is 2.41. The van der Waals surface area contributed by atoms with Gasteiger partial charge in [0, 0.05) is 10.7 Å². The van der Waals surface area contributed by atoms with Crippen LogP contribution in [0.15, 0.2) is 24.3 Å². The number of halogens is 1. The Morgan fingerprint density at radius 3 is 2.32 bits per heavy atom. The van der Waals surface area contributed by atoms with Gasteiger partial charge in [-0.2, -0.15) is 5.10 Å². The molecular weight excluding hydrogens is 302 g/mol. The minimum atomic E-state index is -0.574. The van der Waals surface area contributed by atoms with Crippen molar-refractivity contribution in [2.45, 2.75) is 33.2 Å². The van der Waals surface area contributed by atoms with Gasteiger partial charge in [0.2, 0.25) is 5.91 Å². The van der Waals surface area contributed by atoms with Gasteiger partial charge in [-0.1, -0.05) is 11.6 Å². The SMILES string of the molecule is Cc1nn([C@H]2CC(=O)N(c3ccc(Cl)cc3)C2=O)c(C)c1C. The van der Waals surface area contributed by atoms with Gasteiger partial charge >= 0.3 is 0 Å². The molecule has 2 amide bonds. The van der Waals surface area contributed by atoms with Crippen molar-refractivity contribution in [1.82, 2.24) is 9.78 Å². The fourth-order valence-corrected chi connectivity index (χ4v) is 2.84. The molecule has 0 bridgehead atoms. The number of anilines is 1.